The summed E-state index contributed by atoms with van der Waals surface area (Å²) in [6, 6.07) is 9.72. The molecule has 0 radical (unpaired) electrons. The summed E-state index contributed by atoms with van der Waals surface area (Å²) in [7, 11) is 4.75. The summed E-state index contributed by atoms with van der Waals surface area (Å²) in [5.74, 6) is 2.53. The smallest absolute Gasteiger partial charge is 0.203 e. The molecule has 0 aromatic heterocycles. The second-order valence-corrected chi connectivity index (χ2v) is 8.19. The minimum atomic E-state index is -0.326. The third-order valence-electron chi connectivity index (χ3n) is 4.73. The van der Waals surface area contributed by atoms with Crippen LogP contribution >= 0.6 is 23.2 Å². The summed E-state index contributed by atoms with van der Waals surface area (Å²) in [5, 5.41) is 0. The van der Waals surface area contributed by atoms with Crippen molar-refractivity contribution in [3.05, 3.63) is 57.6 Å². The zero-order valence-corrected chi connectivity index (χ0v) is 18.6. The Bertz CT molecular complexity index is 948. The minimum absolute atomic E-state index is 0.208. The van der Waals surface area contributed by atoms with E-state index in [-0.39, 0.29) is 10.1 Å². The molecule has 1 aliphatic rings. The molecule has 0 amide bonds. The molecule has 2 aromatic rings. The van der Waals surface area contributed by atoms with Crippen LogP contribution in [0.3, 0.4) is 0 Å². The van der Waals surface area contributed by atoms with Crippen LogP contribution in [0, 0.1) is 0 Å². The number of allylic oxidation sites excluding steroid dienone is 1. The Morgan fingerprint density at radius 2 is 1.62 bits per heavy atom. The van der Waals surface area contributed by atoms with Crippen molar-refractivity contribution >= 4 is 34.9 Å². The second kappa shape index (κ2) is 8.60. The van der Waals surface area contributed by atoms with Gasteiger partial charge in [-0.2, -0.15) is 0 Å². The van der Waals surface area contributed by atoms with Gasteiger partial charge in [-0.25, -0.2) is 0 Å². The molecule has 0 saturated carbocycles. The zero-order chi connectivity index (χ0) is 21.2. The summed E-state index contributed by atoms with van der Waals surface area (Å²) < 4.78 is 22.5. The van der Waals surface area contributed by atoms with Crippen molar-refractivity contribution < 1.29 is 18.9 Å². The third kappa shape index (κ3) is 4.65. The number of benzene rings is 2. The summed E-state index contributed by atoms with van der Waals surface area (Å²) in [6.07, 6.45) is 4.58. The Morgan fingerprint density at radius 3 is 2.17 bits per heavy atom. The van der Waals surface area contributed by atoms with Crippen LogP contribution in [0.1, 0.15) is 30.5 Å². The maximum atomic E-state index is 6.27. The van der Waals surface area contributed by atoms with E-state index >= 15 is 0 Å². The van der Waals surface area contributed by atoms with E-state index < -0.39 is 0 Å². The molecule has 1 heterocycles. The van der Waals surface area contributed by atoms with E-state index in [9.17, 15) is 0 Å². The van der Waals surface area contributed by atoms with Crippen molar-refractivity contribution in [2.24, 2.45) is 0 Å². The van der Waals surface area contributed by atoms with Crippen LogP contribution in [0.4, 0.5) is 0 Å². The van der Waals surface area contributed by atoms with E-state index in [4.69, 9.17) is 42.1 Å². The Kier molecular flexibility index (Phi) is 6.35. The van der Waals surface area contributed by atoms with Gasteiger partial charge in [-0.05, 0) is 60.9 Å². The molecular formula is C23H24Cl2O4. The van der Waals surface area contributed by atoms with Gasteiger partial charge in [0.25, 0.3) is 0 Å². The number of halogens is 2. The van der Waals surface area contributed by atoms with Crippen molar-refractivity contribution in [3.8, 4) is 23.0 Å². The Morgan fingerprint density at radius 1 is 0.966 bits per heavy atom. The highest BCUT2D eigenvalue weighted by Crippen LogP contribution is 2.41. The zero-order valence-electron chi connectivity index (χ0n) is 17.1. The van der Waals surface area contributed by atoms with Crippen molar-refractivity contribution in [1.29, 1.82) is 0 Å². The Hall–Kier alpha value is -2.30. The topological polar surface area (TPSA) is 36.9 Å². The number of hydrogen-bond donors (Lipinski definition) is 0. The normalized spacial score (nSPS) is 13.9. The largest absolute Gasteiger partial charge is 0.493 e. The molecule has 0 unspecified atom stereocenters. The first-order chi connectivity index (χ1) is 13.8. The molecule has 0 fully saturated rings. The van der Waals surface area contributed by atoms with Gasteiger partial charge in [0.15, 0.2) is 11.5 Å². The number of ether oxygens (including phenoxy) is 4. The predicted molar refractivity (Wildman–Crippen MR) is 119 cm³/mol. The van der Waals surface area contributed by atoms with Gasteiger partial charge in [0, 0.05) is 12.0 Å². The molecule has 0 atom stereocenters. The van der Waals surface area contributed by atoms with Crippen LogP contribution in [0.5, 0.6) is 23.0 Å². The van der Waals surface area contributed by atoms with Crippen LogP contribution in [0.2, 0.25) is 0 Å². The lowest BCUT2D eigenvalue weighted by molar-refractivity contribution is 0.159. The van der Waals surface area contributed by atoms with Gasteiger partial charge < -0.3 is 18.9 Å². The van der Waals surface area contributed by atoms with Crippen molar-refractivity contribution in [1.82, 2.24) is 0 Å². The molecule has 0 bridgehead atoms. The second-order valence-electron chi connectivity index (χ2n) is 7.24. The lowest BCUT2D eigenvalue weighted by Gasteiger charge is -2.28. The molecule has 6 heteroatoms. The summed E-state index contributed by atoms with van der Waals surface area (Å²) in [6.45, 7) is 4.04. The summed E-state index contributed by atoms with van der Waals surface area (Å²) in [4.78, 5) is 0. The van der Waals surface area contributed by atoms with E-state index in [1.54, 1.807) is 21.3 Å². The van der Waals surface area contributed by atoms with Gasteiger partial charge >= 0.3 is 0 Å². The lowest BCUT2D eigenvalue weighted by Crippen LogP contribution is -2.27. The van der Waals surface area contributed by atoms with Crippen LogP contribution in [-0.2, 0) is 6.42 Å². The number of rotatable bonds is 6. The predicted octanol–water partition coefficient (Wildman–Crippen LogP) is 6.29. The SMILES string of the molecule is COc1cc(CC(=C(Cl)Cl)c2ccc3c(c2)C=CC(C)(C)O3)cc(OC)c1OC. The van der Waals surface area contributed by atoms with E-state index in [1.165, 1.54) is 0 Å². The van der Waals surface area contributed by atoms with E-state index in [1.807, 2.05) is 50.3 Å². The van der Waals surface area contributed by atoms with Gasteiger partial charge in [-0.15, -0.1) is 0 Å². The standard InChI is InChI=1S/C23H24Cl2O4/c1-23(2)9-8-16-13-15(6-7-18(16)29-23)17(22(24)25)10-14-11-19(26-3)21(28-5)20(12-14)27-4/h6-9,11-13H,10H2,1-5H3. The first-order valence-electron chi connectivity index (χ1n) is 9.13. The average molecular weight is 435 g/mol. The Labute approximate surface area is 181 Å². The van der Waals surface area contributed by atoms with E-state index in [0.29, 0.717) is 23.7 Å². The molecule has 3 rings (SSSR count). The molecule has 0 spiro atoms. The highest BCUT2D eigenvalue weighted by atomic mass is 35.5. The van der Waals surface area contributed by atoms with Crippen LogP contribution in [0.25, 0.3) is 11.6 Å². The minimum Gasteiger partial charge on any atom is -0.493 e. The molecular weight excluding hydrogens is 411 g/mol. The average Bonchev–Trinajstić information content (AvgIpc) is 2.70. The van der Waals surface area contributed by atoms with Crippen LogP contribution < -0.4 is 18.9 Å². The first-order valence-corrected chi connectivity index (χ1v) is 9.89. The number of fused-ring (bicyclic) bond motifs is 1. The molecule has 29 heavy (non-hydrogen) atoms. The fraction of sp³-hybridized carbons (Fsp3) is 0.304. The molecule has 0 aliphatic carbocycles. The number of hydrogen-bond acceptors (Lipinski definition) is 4. The fourth-order valence-corrected chi connectivity index (χ4v) is 3.64. The molecule has 154 valence electrons. The molecule has 2 aromatic carbocycles. The fourth-order valence-electron chi connectivity index (χ4n) is 3.29. The van der Waals surface area contributed by atoms with Crippen molar-refractivity contribution in [2.75, 3.05) is 21.3 Å². The van der Waals surface area contributed by atoms with E-state index in [2.05, 4.69) is 6.08 Å². The Balaban J connectivity index is 1.98. The van der Waals surface area contributed by atoms with Crippen molar-refractivity contribution in [3.63, 3.8) is 0 Å². The monoisotopic (exact) mass is 434 g/mol. The highest BCUT2D eigenvalue weighted by Gasteiger charge is 2.22. The number of methoxy groups -OCH3 is 3. The van der Waals surface area contributed by atoms with Crippen molar-refractivity contribution in [2.45, 2.75) is 25.9 Å². The molecule has 1 aliphatic heterocycles. The van der Waals surface area contributed by atoms with Gasteiger partial charge in [-0.1, -0.05) is 35.3 Å². The maximum Gasteiger partial charge on any atom is 0.203 e. The lowest BCUT2D eigenvalue weighted by atomic mass is 9.95. The van der Waals surface area contributed by atoms with Gasteiger partial charge in [0.2, 0.25) is 5.75 Å². The van der Waals surface area contributed by atoms with Gasteiger partial charge in [0.05, 0.1) is 21.3 Å². The highest BCUT2D eigenvalue weighted by molar-refractivity contribution is 6.58. The maximum absolute atomic E-state index is 6.27. The van der Waals surface area contributed by atoms with Gasteiger partial charge in [0.1, 0.15) is 15.8 Å². The molecule has 0 N–H and O–H groups in total. The van der Waals surface area contributed by atoms with Gasteiger partial charge in [-0.3, -0.25) is 0 Å². The molecule has 0 saturated heterocycles. The molecule has 4 nitrogen and oxygen atoms in total. The van der Waals surface area contributed by atoms with Crippen LogP contribution in [-0.4, -0.2) is 26.9 Å². The summed E-state index contributed by atoms with van der Waals surface area (Å²) in [5.41, 5.74) is 3.31. The summed E-state index contributed by atoms with van der Waals surface area (Å²) >= 11 is 12.5. The quantitative estimate of drug-likeness (QED) is 0.535. The van der Waals surface area contributed by atoms with Crippen LogP contribution in [0.15, 0.2) is 40.9 Å². The first kappa shape index (κ1) is 21.4. The van der Waals surface area contributed by atoms with E-state index in [0.717, 1.165) is 28.0 Å². The third-order valence-corrected chi connectivity index (χ3v) is 5.19.